The van der Waals surface area contributed by atoms with E-state index in [1.54, 1.807) is 0 Å². The SMILES string of the molecule is Cc1ccc(NC(=O)n2nc(Nc3ccc(OCCN4CCCCC4)cc3)nc2N)cc1C. The van der Waals surface area contributed by atoms with Crippen molar-refractivity contribution in [3.05, 3.63) is 53.6 Å². The molecule has 0 spiro atoms. The molecule has 2 aromatic carbocycles. The number of nitrogen functional groups attached to an aromatic ring is 1. The summed E-state index contributed by atoms with van der Waals surface area (Å²) in [6.07, 6.45) is 3.89. The maximum atomic E-state index is 12.6. The molecule has 0 bridgehead atoms. The lowest BCUT2D eigenvalue weighted by Crippen LogP contribution is -2.33. The van der Waals surface area contributed by atoms with Crippen LogP contribution in [-0.2, 0) is 0 Å². The van der Waals surface area contributed by atoms with Crippen molar-refractivity contribution in [3.8, 4) is 5.75 Å². The molecule has 9 nitrogen and oxygen atoms in total. The molecule has 2 heterocycles. The Labute approximate surface area is 193 Å². The molecule has 1 saturated heterocycles. The number of hydrogen-bond donors (Lipinski definition) is 3. The van der Waals surface area contributed by atoms with Crippen LogP contribution in [0.25, 0.3) is 0 Å². The molecule has 1 aliphatic rings. The monoisotopic (exact) mass is 449 g/mol. The molecule has 1 aromatic heterocycles. The number of amides is 1. The highest BCUT2D eigenvalue weighted by atomic mass is 16.5. The average Bonchev–Trinajstić information content (AvgIpc) is 3.18. The van der Waals surface area contributed by atoms with Crippen LogP contribution in [0.1, 0.15) is 30.4 Å². The first-order chi connectivity index (χ1) is 16.0. The molecule has 33 heavy (non-hydrogen) atoms. The van der Waals surface area contributed by atoms with Gasteiger partial charge in [0.05, 0.1) is 0 Å². The smallest absolute Gasteiger partial charge is 0.349 e. The Morgan fingerprint density at radius 3 is 2.48 bits per heavy atom. The quantitative estimate of drug-likeness (QED) is 0.497. The zero-order valence-corrected chi connectivity index (χ0v) is 19.2. The van der Waals surface area contributed by atoms with E-state index in [0.29, 0.717) is 12.3 Å². The highest BCUT2D eigenvalue weighted by Crippen LogP contribution is 2.20. The molecule has 1 amide bonds. The van der Waals surface area contributed by atoms with Crippen LogP contribution in [0.3, 0.4) is 0 Å². The summed E-state index contributed by atoms with van der Waals surface area (Å²) in [6, 6.07) is 12.7. The van der Waals surface area contributed by atoms with Crippen LogP contribution >= 0.6 is 0 Å². The van der Waals surface area contributed by atoms with Crippen molar-refractivity contribution >= 4 is 29.3 Å². The molecule has 3 aromatic rings. The van der Waals surface area contributed by atoms with Gasteiger partial charge in [-0.05, 0) is 87.3 Å². The van der Waals surface area contributed by atoms with Crippen LogP contribution in [0.2, 0.25) is 0 Å². The number of aryl methyl sites for hydroxylation is 2. The Hall–Kier alpha value is -3.59. The lowest BCUT2D eigenvalue weighted by atomic mass is 10.1. The van der Waals surface area contributed by atoms with Gasteiger partial charge in [0.25, 0.3) is 0 Å². The zero-order chi connectivity index (χ0) is 23.2. The van der Waals surface area contributed by atoms with Gasteiger partial charge in [-0.1, -0.05) is 12.5 Å². The van der Waals surface area contributed by atoms with Gasteiger partial charge >= 0.3 is 6.03 Å². The molecule has 9 heteroatoms. The Bertz CT molecular complexity index is 1090. The third-order valence-electron chi connectivity index (χ3n) is 5.82. The lowest BCUT2D eigenvalue weighted by Gasteiger charge is -2.26. The summed E-state index contributed by atoms with van der Waals surface area (Å²) in [5, 5.41) is 10.0. The van der Waals surface area contributed by atoms with Crippen molar-refractivity contribution in [1.82, 2.24) is 19.7 Å². The number of carbonyl (C=O) groups excluding carboxylic acids is 1. The Balaban J connectivity index is 1.31. The molecule has 4 rings (SSSR count). The molecule has 0 aliphatic carbocycles. The van der Waals surface area contributed by atoms with E-state index < -0.39 is 6.03 Å². The van der Waals surface area contributed by atoms with Gasteiger partial charge in [-0.2, -0.15) is 4.98 Å². The van der Waals surface area contributed by atoms with Crippen LogP contribution in [0.4, 0.5) is 28.1 Å². The van der Waals surface area contributed by atoms with Crippen LogP contribution in [0, 0.1) is 13.8 Å². The van der Waals surface area contributed by atoms with Crippen LogP contribution < -0.4 is 21.1 Å². The number of piperidine rings is 1. The summed E-state index contributed by atoms with van der Waals surface area (Å²) in [5.41, 5.74) is 9.58. The number of rotatable bonds is 7. The van der Waals surface area contributed by atoms with Gasteiger partial charge in [-0.25, -0.2) is 4.79 Å². The van der Waals surface area contributed by atoms with E-state index in [9.17, 15) is 4.79 Å². The Morgan fingerprint density at radius 1 is 1.03 bits per heavy atom. The van der Waals surface area contributed by atoms with Crippen molar-refractivity contribution < 1.29 is 9.53 Å². The molecular formula is C24H31N7O2. The third-order valence-corrected chi connectivity index (χ3v) is 5.82. The fourth-order valence-corrected chi connectivity index (χ4v) is 3.76. The van der Waals surface area contributed by atoms with E-state index in [2.05, 4.69) is 25.6 Å². The summed E-state index contributed by atoms with van der Waals surface area (Å²) >= 11 is 0. The number of nitrogens with one attached hydrogen (secondary N) is 2. The first-order valence-electron chi connectivity index (χ1n) is 11.3. The highest BCUT2D eigenvalue weighted by Gasteiger charge is 2.15. The first-order valence-corrected chi connectivity index (χ1v) is 11.3. The Kier molecular flexibility index (Phi) is 7.09. The maximum Gasteiger partial charge on any atom is 0.349 e. The predicted octanol–water partition coefficient (Wildman–Crippen LogP) is 4.17. The van der Waals surface area contributed by atoms with Crippen molar-refractivity contribution in [2.24, 2.45) is 0 Å². The molecule has 1 aliphatic heterocycles. The fourth-order valence-electron chi connectivity index (χ4n) is 3.76. The minimum Gasteiger partial charge on any atom is -0.492 e. The number of carbonyl (C=O) groups is 1. The predicted molar refractivity (Wildman–Crippen MR) is 130 cm³/mol. The standard InChI is InChI=1S/C24H31N7O2/c1-17-6-7-20(16-18(17)2)27-24(32)31-22(25)28-23(29-31)26-19-8-10-21(11-9-19)33-15-14-30-12-4-3-5-13-30/h6-11,16H,3-5,12-15H2,1-2H3,(H,27,32)(H3,25,26,28,29). The average molecular weight is 450 g/mol. The van der Waals surface area contributed by atoms with Gasteiger partial charge in [-0.3, -0.25) is 4.90 Å². The molecule has 0 atom stereocenters. The van der Waals surface area contributed by atoms with Gasteiger partial charge in [-0.15, -0.1) is 9.78 Å². The van der Waals surface area contributed by atoms with Crippen LogP contribution in [0.15, 0.2) is 42.5 Å². The second-order valence-electron chi connectivity index (χ2n) is 8.33. The summed E-state index contributed by atoms with van der Waals surface area (Å²) in [4.78, 5) is 19.2. The van der Waals surface area contributed by atoms with Crippen LogP contribution in [-0.4, -0.2) is 51.9 Å². The summed E-state index contributed by atoms with van der Waals surface area (Å²) in [5.74, 6) is 1.04. The molecule has 4 N–H and O–H groups in total. The summed E-state index contributed by atoms with van der Waals surface area (Å²) in [7, 11) is 0. The lowest BCUT2D eigenvalue weighted by molar-refractivity contribution is 0.183. The number of nitrogens with zero attached hydrogens (tertiary/aromatic N) is 4. The van der Waals surface area contributed by atoms with E-state index in [4.69, 9.17) is 10.5 Å². The maximum absolute atomic E-state index is 12.6. The van der Waals surface area contributed by atoms with Gasteiger partial charge in [0.15, 0.2) is 0 Å². The van der Waals surface area contributed by atoms with E-state index in [0.717, 1.165) is 46.9 Å². The fraction of sp³-hybridized carbons (Fsp3) is 0.375. The number of likely N-dealkylation sites (tertiary alicyclic amines) is 1. The van der Waals surface area contributed by atoms with E-state index in [1.165, 1.54) is 19.3 Å². The highest BCUT2D eigenvalue weighted by molar-refractivity contribution is 5.92. The molecular weight excluding hydrogens is 418 g/mol. The minimum atomic E-state index is -0.478. The minimum absolute atomic E-state index is 0.00324. The normalized spacial score (nSPS) is 14.1. The van der Waals surface area contributed by atoms with Crippen molar-refractivity contribution in [1.29, 1.82) is 0 Å². The largest absolute Gasteiger partial charge is 0.492 e. The van der Waals surface area contributed by atoms with E-state index in [1.807, 2.05) is 56.3 Å². The van der Waals surface area contributed by atoms with Gasteiger partial charge in [0.1, 0.15) is 12.4 Å². The van der Waals surface area contributed by atoms with Crippen molar-refractivity contribution in [2.75, 3.05) is 42.6 Å². The second-order valence-corrected chi connectivity index (χ2v) is 8.33. The summed E-state index contributed by atoms with van der Waals surface area (Å²) < 4.78 is 6.90. The number of anilines is 4. The van der Waals surface area contributed by atoms with Crippen LogP contribution in [0.5, 0.6) is 5.75 Å². The van der Waals surface area contributed by atoms with E-state index in [-0.39, 0.29) is 11.9 Å². The zero-order valence-electron chi connectivity index (χ0n) is 19.2. The molecule has 0 saturated carbocycles. The van der Waals surface area contributed by atoms with Gasteiger partial charge in [0, 0.05) is 17.9 Å². The molecule has 1 fully saturated rings. The van der Waals surface area contributed by atoms with Gasteiger partial charge in [0.2, 0.25) is 11.9 Å². The number of ether oxygens (including phenoxy) is 1. The van der Waals surface area contributed by atoms with Crippen molar-refractivity contribution in [2.45, 2.75) is 33.1 Å². The number of hydrogen-bond acceptors (Lipinski definition) is 7. The first kappa shape index (κ1) is 22.6. The molecule has 174 valence electrons. The third kappa shape index (κ3) is 6.01. The second kappa shape index (κ2) is 10.4. The molecule has 0 radical (unpaired) electrons. The number of nitrogens with two attached hydrogens (primary N) is 1. The Morgan fingerprint density at radius 2 is 1.76 bits per heavy atom. The van der Waals surface area contributed by atoms with Crippen molar-refractivity contribution in [3.63, 3.8) is 0 Å². The topological polar surface area (TPSA) is 110 Å². The number of benzene rings is 2. The van der Waals surface area contributed by atoms with E-state index >= 15 is 0 Å². The molecule has 0 unspecified atom stereocenters. The summed E-state index contributed by atoms with van der Waals surface area (Å²) in [6.45, 7) is 7.95. The number of aromatic nitrogens is 3. The van der Waals surface area contributed by atoms with Gasteiger partial charge < -0.3 is 21.1 Å².